The molecule has 0 rings (SSSR count). The summed E-state index contributed by atoms with van der Waals surface area (Å²) in [6.45, 7) is 8.47. The van der Waals surface area contributed by atoms with Gasteiger partial charge in [0.05, 0.1) is 0 Å². The lowest BCUT2D eigenvalue weighted by molar-refractivity contribution is -0.143. The maximum absolute atomic E-state index is 12.0. The zero-order valence-electron chi connectivity index (χ0n) is 12.0. The molecule has 0 bridgehead atoms. The molecule has 0 aromatic heterocycles. The Morgan fingerprint density at radius 2 is 1.56 bits per heavy atom. The summed E-state index contributed by atoms with van der Waals surface area (Å²) < 4.78 is 0. The van der Waals surface area contributed by atoms with Gasteiger partial charge in [0.2, 0.25) is 0 Å². The van der Waals surface area contributed by atoms with E-state index in [1.54, 1.807) is 4.90 Å². The number of nitrogens with zero attached hydrogens (tertiary/aromatic N) is 1. The van der Waals surface area contributed by atoms with Gasteiger partial charge in [0.1, 0.15) is 5.54 Å². The van der Waals surface area contributed by atoms with Crippen LogP contribution in [0.1, 0.15) is 53.4 Å². The minimum Gasteiger partial charge on any atom is -0.480 e. The van der Waals surface area contributed by atoms with E-state index in [4.69, 9.17) is 5.11 Å². The van der Waals surface area contributed by atoms with E-state index in [1.807, 2.05) is 0 Å². The molecule has 0 radical (unpaired) electrons. The Kier molecular flexibility index (Phi) is 7.39. The van der Waals surface area contributed by atoms with Gasteiger partial charge >= 0.3 is 12.0 Å². The molecule has 2 amide bonds. The van der Waals surface area contributed by atoms with Crippen molar-refractivity contribution in [2.24, 2.45) is 0 Å². The molecule has 18 heavy (non-hydrogen) atoms. The molecular formula is C13H26N2O3. The molecule has 0 aromatic rings. The molecule has 2 N–H and O–H groups in total. The molecule has 0 saturated heterocycles. The molecule has 0 aliphatic carbocycles. The van der Waals surface area contributed by atoms with Gasteiger partial charge in [-0.15, -0.1) is 0 Å². The monoisotopic (exact) mass is 258 g/mol. The van der Waals surface area contributed by atoms with Crippen molar-refractivity contribution in [3.8, 4) is 0 Å². The summed E-state index contributed by atoms with van der Waals surface area (Å²) >= 11 is 0. The van der Waals surface area contributed by atoms with Crippen molar-refractivity contribution in [2.75, 3.05) is 13.1 Å². The van der Waals surface area contributed by atoms with E-state index in [0.717, 1.165) is 25.7 Å². The van der Waals surface area contributed by atoms with E-state index >= 15 is 0 Å². The van der Waals surface area contributed by atoms with Gasteiger partial charge < -0.3 is 15.3 Å². The van der Waals surface area contributed by atoms with Crippen molar-refractivity contribution in [3.63, 3.8) is 0 Å². The van der Waals surface area contributed by atoms with Crippen LogP contribution in [-0.4, -0.2) is 40.6 Å². The first-order chi connectivity index (χ1) is 8.35. The first-order valence-corrected chi connectivity index (χ1v) is 6.65. The van der Waals surface area contributed by atoms with Gasteiger partial charge in [-0.1, -0.05) is 26.7 Å². The van der Waals surface area contributed by atoms with Crippen LogP contribution in [0.4, 0.5) is 4.79 Å². The SMILES string of the molecule is CCCCN(CCCC)C(=O)NC(C)(C)C(=O)O. The highest BCUT2D eigenvalue weighted by Crippen LogP contribution is 2.06. The summed E-state index contributed by atoms with van der Waals surface area (Å²) in [5, 5.41) is 11.6. The normalized spacial score (nSPS) is 11.1. The van der Waals surface area contributed by atoms with Crippen molar-refractivity contribution in [2.45, 2.75) is 58.9 Å². The molecule has 0 fully saturated rings. The highest BCUT2D eigenvalue weighted by molar-refractivity contribution is 5.85. The van der Waals surface area contributed by atoms with Gasteiger partial charge in [-0.05, 0) is 26.7 Å². The highest BCUT2D eigenvalue weighted by atomic mass is 16.4. The lowest BCUT2D eigenvalue weighted by Crippen LogP contribution is -2.54. The Morgan fingerprint density at radius 1 is 1.11 bits per heavy atom. The number of amides is 2. The van der Waals surface area contributed by atoms with Gasteiger partial charge in [-0.3, -0.25) is 0 Å². The summed E-state index contributed by atoms with van der Waals surface area (Å²) in [5.41, 5.74) is -1.23. The van der Waals surface area contributed by atoms with Crippen molar-refractivity contribution in [1.29, 1.82) is 0 Å². The van der Waals surface area contributed by atoms with E-state index in [1.165, 1.54) is 13.8 Å². The van der Waals surface area contributed by atoms with Gasteiger partial charge in [0.15, 0.2) is 0 Å². The standard InChI is InChI=1S/C13H26N2O3/c1-5-7-9-15(10-8-6-2)12(18)14-13(3,4)11(16)17/h5-10H2,1-4H3,(H,14,18)(H,16,17). The number of urea groups is 1. The predicted octanol–water partition coefficient (Wildman–Crippen LogP) is 2.46. The summed E-state index contributed by atoms with van der Waals surface area (Å²) in [5.74, 6) is -1.03. The Bertz CT molecular complexity index is 269. The molecule has 0 unspecified atom stereocenters. The minimum absolute atomic E-state index is 0.288. The molecule has 5 nitrogen and oxygen atoms in total. The van der Waals surface area contributed by atoms with Crippen LogP contribution < -0.4 is 5.32 Å². The first kappa shape index (κ1) is 16.7. The smallest absolute Gasteiger partial charge is 0.328 e. The predicted molar refractivity (Wildman–Crippen MR) is 71.6 cm³/mol. The zero-order chi connectivity index (χ0) is 14.2. The summed E-state index contributed by atoms with van der Waals surface area (Å²) in [6, 6.07) is -0.288. The number of unbranched alkanes of at least 4 members (excludes halogenated alkanes) is 2. The molecule has 0 aliphatic rings. The van der Waals surface area contributed by atoms with Gasteiger partial charge in [-0.25, -0.2) is 9.59 Å². The molecule has 0 spiro atoms. The molecule has 0 saturated carbocycles. The van der Waals surface area contributed by atoms with Crippen LogP contribution in [0, 0.1) is 0 Å². The van der Waals surface area contributed by atoms with Gasteiger partial charge in [0, 0.05) is 13.1 Å². The van der Waals surface area contributed by atoms with E-state index in [-0.39, 0.29) is 6.03 Å². The van der Waals surface area contributed by atoms with Gasteiger partial charge in [0.25, 0.3) is 0 Å². The molecule has 106 valence electrons. The summed E-state index contributed by atoms with van der Waals surface area (Å²) in [6.07, 6.45) is 3.89. The number of hydrogen-bond acceptors (Lipinski definition) is 2. The number of hydrogen-bond donors (Lipinski definition) is 2. The Hall–Kier alpha value is -1.26. The second-order valence-electron chi connectivity index (χ2n) is 5.05. The molecule has 0 aromatic carbocycles. The third kappa shape index (κ3) is 5.89. The maximum Gasteiger partial charge on any atom is 0.328 e. The zero-order valence-corrected chi connectivity index (χ0v) is 12.0. The molecule has 0 atom stereocenters. The van der Waals surface area contributed by atoms with Gasteiger partial charge in [-0.2, -0.15) is 0 Å². The molecular weight excluding hydrogens is 232 g/mol. The van der Waals surface area contributed by atoms with E-state index in [2.05, 4.69) is 19.2 Å². The van der Waals surface area contributed by atoms with Crippen LogP contribution in [0.2, 0.25) is 0 Å². The number of carboxylic acid groups (broad SMARTS) is 1. The highest BCUT2D eigenvalue weighted by Gasteiger charge is 2.30. The lowest BCUT2D eigenvalue weighted by Gasteiger charge is -2.28. The van der Waals surface area contributed by atoms with Crippen molar-refractivity contribution in [1.82, 2.24) is 10.2 Å². The third-order valence-corrected chi connectivity index (χ3v) is 2.80. The molecule has 0 aliphatic heterocycles. The average molecular weight is 258 g/mol. The second kappa shape index (κ2) is 7.95. The topological polar surface area (TPSA) is 69.6 Å². The fraction of sp³-hybridized carbons (Fsp3) is 0.846. The van der Waals surface area contributed by atoms with Crippen LogP contribution in [0.3, 0.4) is 0 Å². The number of carboxylic acids is 1. The maximum atomic E-state index is 12.0. The molecule has 5 heteroatoms. The van der Waals surface area contributed by atoms with Crippen LogP contribution in [0.15, 0.2) is 0 Å². The van der Waals surface area contributed by atoms with Crippen molar-refractivity contribution in [3.05, 3.63) is 0 Å². The fourth-order valence-corrected chi connectivity index (χ4v) is 1.41. The average Bonchev–Trinajstić information content (AvgIpc) is 2.28. The van der Waals surface area contributed by atoms with E-state index < -0.39 is 11.5 Å². The Balaban J connectivity index is 4.49. The third-order valence-electron chi connectivity index (χ3n) is 2.80. The largest absolute Gasteiger partial charge is 0.480 e. The number of nitrogens with one attached hydrogen (secondary N) is 1. The number of rotatable bonds is 8. The minimum atomic E-state index is -1.23. The number of carbonyl (C=O) groups is 2. The fourth-order valence-electron chi connectivity index (χ4n) is 1.41. The first-order valence-electron chi connectivity index (χ1n) is 6.65. The summed E-state index contributed by atoms with van der Waals surface area (Å²) in [4.78, 5) is 24.7. The van der Waals surface area contributed by atoms with Crippen LogP contribution in [-0.2, 0) is 4.79 Å². The van der Waals surface area contributed by atoms with E-state index in [9.17, 15) is 9.59 Å². The number of aliphatic carboxylic acids is 1. The van der Waals surface area contributed by atoms with Crippen molar-refractivity contribution >= 4 is 12.0 Å². The summed E-state index contributed by atoms with van der Waals surface area (Å²) in [7, 11) is 0. The second-order valence-corrected chi connectivity index (χ2v) is 5.05. The van der Waals surface area contributed by atoms with E-state index in [0.29, 0.717) is 13.1 Å². The Morgan fingerprint density at radius 3 is 1.89 bits per heavy atom. The number of carbonyl (C=O) groups excluding carboxylic acids is 1. The quantitative estimate of drug-likeness (QED) is 0.702. The Labute approximate surface area is 110 Å². The van der Waals surface area contributed by atoms with Crippen LogP contribution in [0.5, 0.6) is 0 Å². The van der Waals surface area contributed by atoms with Crippen LogP contribution >= 0.6 is 0 Å². The molecule has 0 heterocycles. The lowest BCUT2D eigenvalue weighted by atomic mass is 10.1. The van der Waals surface area contributed by atoms with Crippen LogP contribution in [0.25, 0.3) is 0 Å². The van der Waals surface area contributed by atoms with Crippen molar-refractivity contribution < 1.29 is 14.7 Å².